The van der Waals surface area contributed by atoms with Crippen LogP contribution in [0.15, 0.2) is 0 Å². The quantitative estimate of drug-likeness (QED) is 0.365. The number of nitrogens with one attached hydrogen (secondary N) is 1. The second kappa shape index (κ2) is 11.2. The number of aliphatic hydroxyl groups is 2. The number of amides is 1. The highest BCUT2D eigenvalue weighted by molar-refractivity contribution is 8.13. The van der Waals surface area contributed by atoms with Crippen LogP contribution in [0.3, 0.4) is 0 Å². The number of carbonyl (C=O) groups is 3. The number of carbonyl (C=O) groups excluding carboxylic acids is 2. The number of thioether (sulfide) groups is 1. The second-order valence-corrected chi connectivity index (χ2v) is 14.3. The summed E-state index contributed by atoms with van der Waals surface area (Å²) in [5.41, 5.74) is 0.0941. The number of rotatable bonds is 8. The maximum atomic E-state index is 12.6. The molecule has 0 radical (unpaired) electrons. The molecule has 0 aromatic rings. The van der Waals surface area contributed by atoms with E-state index in [-0.39, 0.29) is 33.9 Å². The SMILES string of the molecule is CC(=O)N[C@@H](CSC(=O)CCC(C)[C@H]1CC[C@H]2[C@@H]3CC[C@@H]4C[C@H](O)CC[C@]4(C)[C@H]3C[C@H](O)[C@]12C)C(=O)O. The highest BCUT2D eigenvalue weighted by Crippen LogP contribution is 2.68. The van der Waals surface area contributed by atoms with E-state index in [0.717, 1.165) is 56.7 Å². The molecule has 4 N–H and O–H groups in total. The summed E-state index contributed by atoms with van der Waals surface area (Å²) in [7, 11) is 0. The van der Waals surface area contributed by atoms with Crippen molar-refractivity contribution in [3.8, 4) is 0 Å². The third-order valence-electron chi connectivity index (χ3n) is 11.4. The Kier molecular flexibility index (Phi) is 8.71. The van der Waals surface area contributed by atoms with Crippen molar-refractivity contribution in [3.63, 3.8) is 0 Å². The number of carboxylic acids is 1. The predicted octanol–water partition coefficient (Wildman–Crippen LogP) is 4.24. The number of fused-ring (bicyclic) bond motifs is 5. The van der Waals surface area contributed by atoms with Crippen LogP contribution in [0, 0.1) is 46.3 Å². The zero-order valence-corrected chi connectivity index (χ0v) is 23.8. The van der Waals surface area contributed by atoms with Gasteiger partial charge in [-0.3, -0.25) is 9.59 Å². The van der Waals surface area contributed by atoms with E-state index in [1.165, 1.54) is 19.8 Å². The van der Waals surface area contributed by atoms with Crippen molar-refractivity contribution in [1.82, 2.24) is 5.32 Å². The molecule has 0 heterocycles. The molecule has 0 spiro atoms. The minimum atomic E-state index is -1.13. The molecule has 7 nitrogen and oxygen atoms in total. The van der Waals surface area contributed by atoms with E-state index < -0.39 is 17.9 Å². The summed E-state index contributed by atoms with van der Waals surface area (Å²) < 4.78 is 0. The van der Waals surface area contributed by atoms with E-state index in [0.29, 0.717) is 41.9 Å². The van der Waals surface area contributed by atoms with Gasteiger partial charge in [-0.25, -0.2) is 4.79 Å². The van der Waals surface area contributed by atoms with Gasteiger partial charge in [-0.15, -0.1) is 0 Å². The Hall–Kier alpha value is -1.12. The van der Waals surface area contributed by atoms with Gasteiger partial charge in [0.05, 0.1) is 12.2 Å². The van der Waals surface area contributed by atoms with Gasteiger partial charge in [-0.1, -0.05) is 32.5 Å². The lowest BCUT2D eigenvalue weighted by Gasteiger charge is -2.62. The Morgan fingerprint density at radius 2 is 1.76 bits per heavy atom. The van der Waals surface area contributed by atoms with E-state index in [9.17, 15) is 29.7 Å². The molecule has 210 valence electrons. The molecule has 0 aromatic heterocycles. The highest BCUT2D eigenvalue weighted by atomic mass is 32.2. The zero-order valence-electron chi connectivity index (χ0n) is 22.9. The fraction of sp³-hybridized carbons (Fsp3) is 0.897. The van der Waals surface area contributed by atoms with Crippen LogP contribution in [-0.4, -0.2) is 56.3 Å². The van der Waals surface area contributed by atoms with Crippen molar-refractivity contribution in [1.29, 1.82) is 0 Å². The Morgan fingerprint density at radius 3 is 2.43 bits per heavy atom. The van der Waals surface area contributed by atoms with Crippen molar-refractivity contribution in [2.24, 2.45) is 46.3 Å². The Bertz CT molecular complexity index is 882. The van der Waals surface area contributed by atoms with Gasteiger partial charge >= 0.3 is 5.97 Å². The maximum Gasteiger partial charge on any atom is 0.327 e. The molecule has 4 aliphatic rings. The van der Waals surface area contributed by atoms with Crippen LogP contribution in [0.1, 0.15) is 91.9 Å². The Balaban J connectivity index is 1.36. The topological polar surface area (TPSA) is 124 Å². The Labute approximate surface area is 225 Å². The van der Waals surface area contributed by atoms with Crippen LogP contribution in [0.2, 0.25) is 0 Å². The minimum Gasteiger partial charge on any atom is -0.480 e. The third kappa shape index (κ3) is 5.49. The second-order valence-electron chi connectivity index (χ2n) is 13.2. The molecule has 37 heavy (non-hydrogen) atoms. The average molecular weight is 538 g/mol. The lowest BCUT2D eigenvalue weighted by molar-refractivity contribution is -0.174. The molecule has 4 fully saturated rings. The smallest absolute Gasteiger partial charge is 0.327 e. The summed E-state index contributed by atoms with van der Waals surface area (Å²) in [4.78, 5) is 35.1. The van der Waals surface area contributed by atoms with E-state index in [1.54, 1.807) is 0 Å². The number of aliphatic carboxylic acids is 1. The van der Waals surface area contributed by atoms with Crippen LogP contribution in [-0.2, 0) is 14.4 Å². The molecule has 0 aliphatic heterocycles. The average Bonchev–Trinajstić information content (AvgIpc) is 3.19. The first-order chi connectivity index (χ1) is 17.4. The molecule has 4 saturated carbocycles. The molecule has 11 atom stereocenters. The number of carboxylic acid groups (broad SMARTS) is 1. The lowest BCUT2D eigenvalue weighted by Crippen LogP contribution is -2.58. The zero-order chi connectivity index (χ0) is 27.1. The van der Waals surface area contributed by atoms with E-state index in [4.69, 9.17) is 0 Å². The van der Waals surface area contributed by atoms with Gasteiger partial charge in [-0.2, -0.15) is 0 Å². The van der Waals surface area contributed by atoms with Gasteiger partial charge in [0, 0.05) is 19.1 Å². The van der Waals surface area contributed by atoms with E-state index in [2.05, 4.69) is 26.1 Å². The normalized spacial score (nSPS) is 42.6. The standard InChI is InChI=1S/C29H47NO6S/c1-16(5-10-26(34)37-15-24(27(35)36)30-17(2)31)21-8-9-22-20-7-6-18-13-19(32)11-12-28(18,3)23(20)14-25(33)29(21,22)4/h16,18-25,32-33H,5-15H2,1-4H3,(H,30,31)(H,35,36)/t16?,18-,19-,20+,21-,22+,23+,24+,25+,28+,29-/m1/s1. The van der Waals surface area contributed by atoms with Crippen molar-refractivity contribution >= 4 is 28.8 Å². The minimum absolute atomic E-state index is 0.0317. The molecule has 0 saturated heterocycles. The van der Waals surface area contributed by atoms with Crippen molar-refractivity contribution in [3.05, 3.63) is 0 Å². The summed E-state index contributed by atoms with van der Waals surface area (Å²) in [6.45, 7) is 8.24. The number of hydrogen-bond donors (Lipinski definition) is 4. The Morgan fingerprint density at radius 1 is 1.03 bits per heavy atom. The predicted molar refractivity (Wildman–Crippen MR) is 144 cm³/mol. The molecule has 4 rings (SSSR count). The summed E-state index contributed by atoms with van der Waals surface area (Å²) in [5.74, 6) is 1.40. The fourth-order valence-electron chi connectivity index (χ4n) is 9.38. The van der Waals surface area contributed by atoms with Crippen molar-refractivity contribution in [2.75, 3.05) is 5.75 Å². The van der Waals surface area contributed by atoms with Gasteiger partial charge in [0.15, 0.2) is 5.12 Å². The van der Waals surface area contributed by atoms with Crippen LogP contribution in [0.4, 0.5) is 0 Å². The van der Waals surface area contributed by atoms with E-state index >= 15 is 0 Å². The van der Waals surface area contributed by atoms with Crippen LogP contribution in [0.5, 0.6) is 0 Å². The van der Waals surface area contributed by atoms with Gasteiger partial charge < -0.3 is 20.6 Å². The summed E-state index contributed by atoms with van der Waals surface area (Å²) in [6.07, 6.45) is 8.98. The number of hydrogen-bond acceptors (Lipinski definition) is 6. The van der Waals surface area contributed by atoms with Gasteiger partial charge in [0.1, 0.15) is 6.04 Å². The number of aliphatic hydroxyl groups excluding tert-OH is 2. The van der Waals surface area contributed by atoms with Gasteiger partial charge in [-0.05, 0) is 104 Å². The van der Waals surface area contributed by atoms with Crippen LogP contribution < -0.4 is 5.32 Å². The van der Waals surface area contributed by atoms with Crippen molar-refractivity contribution < 1.29 is 29.7 Å². The molecular formula is C29H47NO6S. The summed E-state index contributed by atoms with van der Waals surface area (Å²) in [5, 5.41) is 33.6. The first kappa shape index (κ1) is 28.9. The van der Waals surface area contributed by atoms with Gasteiger partial charge in [0.25, 0.3) is 0 Å². The van der Waals surface area contributed by atoms with E-state index in [1.807, 2.05) is 0 Å². The highest BCUT2D eigenvalue weighted by Gasteiger charge is 2.63. The molecule has 1 unspecified atom stereocenters. The molecule has 0 bridgehead atoms. The van der Waals surface area contributed by atoms with Gasteiger partial charge in [0.2, 0.25) is 5.91 Å². The molecule has 8 heteroatoms. The molecule has 1 amide bonds. The summed E-state index contributed by atoms with van der Waals surface area (Å²) >= 11 is 0.985. The lowest BCUT2D eigenvalue weighted by atomic mass is 9.43. The summed E-state index contributed by atoms with van der Waals surface area (Å²) in [6, 6.07) is -1.06. The third-order valence-corrected chi connectivity index (χ3v) is 12.4. The monoisotopic (exact) mass is 537 g/mol. The van der Waals surface area contributed by atoms with Crippen LogP contribution >= 0.6 is 11.8 Å². The maximum absolute atomic E-state index is 12.6. The first-order valence-corrected chi connectivity index (χ1v) is 15.4. The molecule has 0 aromatic carbocycles. The largest absolute Gasteiger partial charge is 0.480 e. The van der Waals surface area contributed by atoms with Crippen molar-refractivity contribution in [2.45, 2.75) is 110 Å². The van der Waals surface area contributed by atoms with Crippen LogP contribution in [0.25, 0.3) is 0 Å². The fourth-order valence-corrected chi connectivity index (χ4v) is 10.2. The molecule has 4 aliphatic carbocycles. The first-order valence-electron chi connectivity index (χ1n) is 14.4. The molecular weight excluding hydrogens is 490 g/mol.